The number of sulfonamides is 1. The van der Waals surface area contributed by atoms with E-state index in [-0.39, 0.29) is 23.3 Å². The van der Waals surface area contributed by atoms with Crippen molar-refractivity contribution in [2.24, 2.45) is 0 Å². The molecule has 0 saturated carbocycles. The predicted octanol–water partition coefficient (Wildman–Crippen LogP) is 3.48. The first-order chi connectivity index (χ1) is 14.5. The van der Waals surface area contributed by atoms with Crippen LogP contribution in [0.15, 0.2) is 71.6 Å². The minimum absolute atomic E-state index is 0.0377. The van der Waals surface area contributed by atoms with Crippen LogP contribution >= 0.6 is 0 Å². The van der Waals surface area contributed by atoms with E-state index in [1.807, 2.05) is 0 Å². The maximum atomic E-state index is 12.9. The molecule has 30 heavy (non-hydrogen) atoms. The van der Waals surface area contributed by atoms with Gasteiger partial charge in [-0.25, -0.2) is 8.42 Å². The number of hydrogen-bond acceptors (Lipinski definition) is 6. The first-order valence-corrected chi connectivity index (χ1v) is 10.4. The summed E-state index contributed by atoms with van der Waals surface area (Å²) in [5, 5.41) is 2.70. The second kappa shape index (κ2) is 7.96. The fourth-order valence-corrected chi connectivity index (χ4v) is 3.99. The number of fused-ring (bicyclic) bond motifs is 1. The Kier molecular flexibility index (Phi) is 5.20. The molecule has 0 saturated heterocycles. The lowest BCUT2D eigenvalue weighted by Gasteiger charge is -2.14. The Hall–Kier alpha value is -3.72. The van der Waals surface area contributed by atoms with Crippen LogP contribution in [0.5, 0.6) is 17.2 Å². The lowest BCUT2D eigenvalue weighted by molar-refractivity contribution is 0.102. The third kappa shape index (κ3) is 4.01. The minimum Gasteiger partial charge on any atom is -0.495 e. The van der Waals surface area contributed by atoms with Gasteiger partial charge < -0.3 is 19.5 Å². The zero-order chi connectivity index (χ0) is 21.1. The third-order valence-electron chi connectivity index (χ3n) is 4.39. The average Bonchev–Trinajstić information content (AvgIpc) is 3.22. The van der Waals surface area contributed by atoms with E-state index in [0.29, 0.717) is 28.5 Å². The van der Waals surface area contributed by atoms with Gasteiger partial charge in [0.15, 0.2) is 11.5 Å². The summed E-state index contributed by atoms with van der Waals surface area (Å²) in [5.74, 6) is 0.961. The van der Waals surface area contributed by atoms with Crippen molar-refractivity contribution in [1.29, 1.82) is 0 Å². The van der Waals surface area contributed by atoms with E-state index in [0.717, 1.165) is 0 Å². The maximum absolute atomic E-state index is 12.9. The fourth-order valence-electron chi connectivity index (χ4n) is 2.91. The van der Waals surface area contributed by atoms with Crippen molar-refractivity contribution in [3.63, 3.8) is 0 Å². The molecule has 1 amide bonds. The highest BCUT2D eigenvalue weighted by Gasteiger charge is 2.20. The number of ether oxygens (including phenoxy) is 3. The predicted molar refractivity (Wildman–Crippen MR) is 111 cm³/mol. The summed E-state index contributed by atoms with van der Waals surface area (Å²) in [6.45, 7) is 0.0918. The summed E-state index contributed by atoms with van der Waals surface area (Å²) in [4.78, 5) is 12.4. The maximum Gasteiger partial charge on any atom is 0.261 e. The van der Waals surface area contributed by atoms with Crippen LogP contribution in [0.2, 0.25) is 0 Å². The van der Waals surface area contributed by atoms with E-state index in [9.17, 15) is 13.2 Å². The largest absolute Gasteiger partial charge is 0.495 e. The van der Waals surface area contributed by atoms with Gasteiger partial charge in [-0.05, 0) is 42.5 Å². The molecule has 0 bridgehead atoms. The van der Waals surface area contributed by atoms with E-state index < -0.39 is 10.0 Å². The minimum atomic E-state index is -3.93. The molecule has 1 aliphatic rings. The van der Waals surface area contributed by atoms with Crippen LogP contribution in [-0.4, -0.2) is 28.2 Å². The molecule has 0 aliphatic carbocycles. The lowest BCUT2D eigenvalue weighted by atomic mass is 10.2. The second-order valence-electron chi connectivity index (χ2n) is 6.36. The number of rotatable bonds is 6. The summed E-state index contributed by atoms with van der Waals surface area (Å²) < 4.78 is 44.0. The Morgan fingerprint density at radius 2 is 1.73 bits per heavy atom. The Morgan fingerprint density at radius 3 is 2.50 bits per heavy atom. The molecule has 1 heterocycles. The summed E-state index contributed by atoms with van der Waals surface area (Å²) in [6, 6.07) is 17.5. The van der Waals surface area contributed by atoms with Gasteiger partial charge in [-0.2, -0.15) is 0 Å². The molecular weight excluding hydrogens is 408 g/mol. The van der Waals surface area contributed by atoms with Gasteiger partial charge in [0, 0.05) is 11.6 Å². The van der Waals surface area contributed by atoms with Gasteiger partial charge in [0.2, 0.25) is 6.79 Å². The number of carbonyl (C=O) groups excluding carboxylic acids is 1. The van der Waals surface area contributed by atoms with E-state index >= 15 is 0 Å². The molecule has 0 radical (unpaired) electrons. The summed E-state index contributed by atoms with van der Waals surface area (Å²) in [7, 11) is -2.49. The molecule has 3 aromatic carbocycles. The first-order valence-electron chi connectivity index (χ1n) is 8.93. The molecule has 4 rings (SSSR count). The molecule has 2 N–H and O–H groups in total. The van der Waals surface area contributed by atoms with Crippen LogP contribution in [0.3, 0.4) is 0 Å². The number of carbonyl (C=O) groups is 1. The van der Waals surface area contributed by atoms with E-state index in [4.69, 9.17) is 14.2 Å². The molecule has 0 fully saturated rings. The van der Waals surface area contributed by atoms with Gasteiger partial charge in [-0.3, -0.25) is 9.52 Å². The average molecular weight is 426 g/mol. The zero-order valence-electron chi connectivity index (χ0n) is 15.9. The Balaban J connectivity index is 1.60. The second-order valence-corrected chi connectivity index (χ2v) is 8.04. The Morgan fingerprint density at radius 1 is 0.967 bits per heavy atom. The summed E-state index contributed by atoms with van der Waals surface area (Å²) >= 11 is 0. The molecule has 9 heteroatoms. The van der Waals surface area contributed by atoms with E-state index in [2.05, 4.69) is 10.0 Å². The smallest absolute Gasteiger partial charge is 0.261 e. The van der Waals surface area contributed by atoms with Gasteiger partial charge >= 0.3 is 0 Å². The SMILES string of the molecule is COc1ccc(S(=O)(=O)Nc2ccc3c(c2)OCO3)cc1NC(=O)c1ccccc1. The van der Waals surface area contributed by atoms with Crippen LogP contribution in [0.25, 0.3) is 0 Å². The van der Waals surface area contributed by atoms with Crippen LogP contribution in [0, 0.1) is 0 Å². The molecule has 3 aromatic rings. The van der Waals surface area contributed by atoms with Crippen LogP contribution in [0.1, 0.15) is 10.4 Å². The van der Waals surface area contributed by atoms with E-state index in [1.54, 1.807) is 48.5 Å². The fraction of sp³-hybridized carbons (Fsp3) is 0.0952. The number of amides is 1. The number of benzene rings is 3. The van der Waals surface area contributed by atoms with Crippen molar-refractivity contribution in [1.82, 2.24) is 0 Å². The summed E-state index contributed by atoms with van der Waals surface area (Å²) in [5.41, 5.74) is 0.996. The molecule has 0 atom stereocenters. The van der Waals surface area contributed by atoms with Crippen molar-refractivity contribution < 1.29 is 27.4 Å². The third-order valence-corrected chi connectivity index (χ3v) is 5.77. The topological polar surface area (TPSA) is 103 Å². The molecule has 1 aliphatic heterocycles. The molecule has 0 unspecified atom stereocenters. The molecule has 154 valence electrons. The molecule has 8 nitrogen and oxygen atoms in total. The van der Waals surface area contributed by atoms with Crippen LogP contribution < -0.4 is 24.2 Å². The van der Waals surface area contributed by atoms with Crippen molar-refractivity contribution in [3.8, 4) is 17.2 Å². The number of methoxy groups -OCH3 is 1. The number of anilines is 2. The van der Waals surface area contributed by atoms with Crippen LogP contribution in [-0.2, 0) is 10.0 Å². The standard InChI is InChI=1S/C21H18N2O6S/c1-27-18-10-8-16(12-17(18)22-21(24)14-5-3-2-4-6-14)30(25,26)23-15-7-9-19-20(11-15)29-13-28-19/h2-12,23H,13H2,1H3,(H,22,24). The molecule has 0 spiro atoms. The Labute approximate surface area is 173 Å². The monoisotopic (exact) mass is 426 g/mol. The zero-order valence-corrected chi connectivity index (χ0v) is 16.7. The number of hydrogen-bond donors (Lipinski definition) is 2. The van der Waals surface area contributed by atoms with Crippen molar-refractivity contribution in [2.45, 2.75) is 4.90 Å². The highest BCUT2D eigenvalue weighted by Crippen LogP contribution is 2.35. The quantitative estimate of drug-likeness (QED) is 0.626. The van der Waals surface area contributed by atoms with Crippen LogP contribution in [0.4, 0.5) is 11.4 Å². The van der Waals surface area contributed by atoms with E-state index in [1.165, 1.54) is 25.3 Å². The van der Waals surface area contributed by atoms with Crippen molar-refractivity contribution in [2.75, 3.05) is 23.9 Å². The Bertz CT molecular complexity index is 1200. The van der Waals surface area contributed by atoms with Crippen molar-refractivity contribution in [3.05, 3.63) is 72.3 Å². The van der Waals surface area contributed by atoms with Gasteiger partial charge in [-0.15, -0.1) is 0 Å². The van der Waals surface area contributed by atoms with Gasteiger partial charge in [0.05, 0.1) is 23.4 Å². The van der Waals surface area contributed by atoms with Gasteiger partial charge in [0.25, 0.3) is 15.9 Å². The normalized spacial score (nSPS) is 12.3. The number of nitrogens with one attached hydrogen (secondary N) is 2. The first kappa shape index (κ1) is 19.6. The molecular formula is C21H18N2O6S. The lowest BCUT2D eigenvalue weighted by Crippen LogP contribution is -2.15. The highest BCUT2D eigenvalue weighted by molar-refractivity contribution is 7.92. The van der Waals surface area contributed by atoms with Gasteiger partial charge in [0.1, 0.15) is 5.75 Å². The van der Waals surface area contributed by atoms with Gasteiger partial charge in [-0.1, -0.05) is 18.2 Å². The van der Waals surface area contributed by atoms with Crippen molar-refractivity contribution >= 4 is 27.3 Å². The summed E-state index contributed by atoms with van der Waals surface area (Å²) in [6.07, 6.45) is 0. The molecule has 0 aromatic heterocycles. The highest BCUT2D eigenvalue weighted by atomic mass is 32.2.